The van der Waals surface area contributed by atoms with Gasteiger partial charge in [-0.25, -0.2) is 0 Å². The van der Waals surface area contributed by atoms with Gasteiger partial charge in [-0.1, -0.05) is 35.3 Å². The highest BCUT2D eigenvalue weighted by atomic mass is 35.5. The predicted molar refractivity (Wildman–Crippen MR) is 99.4 cm³/mol. The first-order chi connectivity index (χ1) is 11.0. The summed E-state index contributed by atoms with van der Waals surface area (Å²) >= 11 is 11.9. The molecule has 3 rings (SSSR count). The van der Waals surface area contributed by atoms with Crippen molar-refractivity contribution in [1.82, 2.24) is 15.8 Å². The zero-order valence-corrected chi connectivity index (χ0v) is 14.5. The van der Waals surface area contributed by atoms with Crippen LogP contribution in [-0.2, 0) is 0 Å². The number of hydrogen-bond acceptors (Lipinski definition) is 2. The smallest absolute Gasteiger partial charge is 0.286 e. The van der Waals surface area contributed by atoms with Gasteiger partial charge in [-0.15, -0.1) is 12.4 Å². The number of hydrazine groups is 1. The molecule has 0 radical (unpaired) electrons. The third kappa shape index (κ3) is 3.82. The van der Waals surface area contributed by atoms with Gasteiger partial charge >= 0.3 is 0 Å². The number of aromatic amines is 1. The zero-order valence-electron chi connectivity index (χ0n) is 12.2. The SMILES string of the molecule is Cl.N=C(NNC(=O)c1cc2cc(Cl)ccc2[nH]1)c1ccccc1Cl. The summed E-state index contributed by atoms with van der Waals surface area (Å²) in [5.41, 5.74) is 6.68. The average molecular weight is 384 g/mol. The van der Waals surface area contributed by atoms with E-state index in [-0.39, 0.29) is 18.2 Å². The first-order valence-corrected chi connectivity index (χ1v) is 7.48. The molecule has 8 heteroatoms. The number of amidine groups is 1. The van der Waals surface area contributed by atoms with Crippen molar-refractivity contribution in [2.75, 3.05) is 0 Å². The number of H-pyrrole nitrogens is 1. The molecule has 0 aliphatic heterocycles. The van der Waals surface area contributed by atoms with E-state index in [1.807, 2.05) is 0 Å². The molecule has 0 saturated carbocycles. The fourth-order valence-electron chi connectivity index (χ4n) is 2.14. The van der Waals surface area contributed by atoms with Crippen LogP contribution >= 0.6 is 35.6 Å². The Balaban J connectivity index is 0.00000208. The summed E-state index contributed by atoms with van der Waals surface area (Å²) in [6.07, 6.45) is 0. The molecule has 5 nitrogen and oxygen atoms in total. The maximum absolute atomic E-state index is 12.2. The number of hydrogen-bond donors (Lipinski definition) is 4. The first-order valence-electron chi connectivity index (χ1n) is 6.72. The predicted octanol–water partition coefficient (Wildman–Crippen LogP) is 4.16. The second kappa shape index (κ2) is 7.57. The summed E-state index contributed by atoms with van der Waals surface area (Å²) in [7, 11) is 0. The zero-order chi connectivity index (χ0) is 16.4. The van der Waals surface area contributed by atoms with Gasteiger partial charge in [0.1, 0.15) is 11.5 Å². The van der Waals surface area contributed by atoms with Gasteiger partial charge < -0.3 is 4.98 Å². The summed E-state index contributed by atoms with van der Waals surface area (Å²) < 4.78 is 0. The van der Waals surface area contributed by atoms with Gasteiger partial charge in [-0.05, 0) is 36.4 Å². The second-order valence-corrected chi connectivity index (χ2v) is 5.69. The third-order valence-electron chi connectivity index (χ3n) is 3.27. The van der Waals surface area contributed by atoms with Gasteiger partial charge in [-0.3, -0.25) is 21.1 Å². The van der Waals surface area contributed by atoms with Crippen LogP contribution in [0.1, 0.15) is 16.1 Å². The van der Waals surface area contributed by atoms with Crippen molar-refractivity contribution in [3.05, 3.63) is 69.8 Å². The maximum atomic E-state index is 12.2. The summed E-state index contributed by atoms with van der Waals surface area (Å²) in [6, 6.07) is 13.9. The Hall–Kier alpha value is -2.21. The lowest BCUT2D eigenvalue weighted by molar-refractivity contribution is 0.0939. The molecule has 2 aromatic carbocycles. The van der Waals surface area contributed by atoms with E-state index in [1.165, 1.54) is 0 Å². The summed E-state index contributed by atoms with van der Waals surface area (Å²) in [4.78, 5) is 15.1. The molecule has 0 aliphatic rings. The number of carbonyl (C=O) groups is 1. The van der Waals surface area contributed by atoms with Gasteiger partial charge in [0, 0.05) is 21.5 Å². The minimum Gasteiger partial charge on any atom is -0.350 e. The van der Waals surface area contributed by atoms with Crippen molar-refractivity contribution in [2.24, 2.45) is 0 Å². The van der Waals surface area contributed by atoms with E-state index in [0.717, 1.165) is 10.9 Å². The van der Waals surface area contributed by atoms with Crippen molar-refractivity contribution in [3.8, 4) is 0 Å². The normalized spacial score (nSPS) is 10.1. The number of amides is 1. The summed E-state index contributed by atoms with van der Waals surface area (Å²) in [5, 5.41) is 9.79. The van der Waals surface area contributed by atoms with Crippen LogP contribution in [0.25, 0.3) is 10.9 Å². The quantitative estimate of drug-likeness (QED) is 0.304. The molecule has 1 amide bonds. The number of benzene rings is 2. The number of rotatable bonds is 2. The molecule has 0 saturated heterocycles. The molecule has 1 heterocycles. The van der Waals surface area contributed by atoms with Crippen molar-refractivity contribution in [3.63, 3.8) is 0 Å². The van der Waals surface area contributed by atoms with Crippen LogP contribution in [0, 0.1) is 5.41 Å². The van der Waals surface area contributed by atoms with Gasteiger partial charge in [0.15, 0.2) is 0 Å². The Bertz CT molecular complexity index is 907. The van der Waals surface area contributed by atoms with Crippen LogP contribution in [0.4, 0.5) is 0 Å². The lowest BCUT2D eigenvalue weighted by Crippen LogP contribution is -2.41. The Labute approximate surface area is 154 Å². The van der Waals surface area contributed by atoms with Crippen LogP contribution in [0.3, 0.4) is 0 Å². The van der Waals surface area contributed by atoms with E-state index in [0.29, 0.717) is 21.3 Å². The topological polar surface area (TPSA) is 80.8 Å². The summed E-state index contributed by atoms with van der Waals surface area (Å²) in [5.74, 6) is -0.391. The van der Waals surface area contributed by atoms with E-state index in [9.17, 15) is 4.79 Å². The highest BCUT2D eigenvalue weighted by Crippen LogP contribution is 2.20. The molecule has 0 spiro atoms. The highest BCUT2D eigenvalue weighted by molar-refractivity contribution is 6.34. The standard InChI is InChI=1S/C16H12Cl2N4O.ClH/c17-10-5-6-13-9(7-10)8-14(20-13)16(23)22-21-15(19)11-3-1-2-4-12(11)18;/h1-8,20H,(H2,19,21)(H,22,23);1H. The number of carbonyl (C=O) groups excluding carboxylic acids is 1. The minimum atomic E-state index is -0.394. The van der Waals surface area contributed by atoms with Crippen LogP contribution in [0.5, 0.6) is 0 Å². The van der Waals surface area contributed by atoms with Crippen LogP contribution in [0.2, 0.25) is 10.0 Å². The molecule has 0 atom stereocenters. The lowest BCUT2D eigenvalue weighted by atomic mass is 10.2. The molecule has 124 valence electrons. The van der Waals surface area contributed by atoms with Crippen LogP contribution in [-0.4, -0.2) is 16.7 Å². The van der Waals surface area contributed by atoms with E-state index >= 15 is 0 Å². The Kier molecular flexibility index (Phi) is 5.72. The van der Waals surface area contributed by atoms with E-state index < -0.39 is 5.91 Å². The monoisotopic (exact) mass is 382 g/mol. The third-order valence-corrected chi connectivity index (χ3v) is 3.84. The average Bonchev–Trinajstić information content (AvgIpc) is 2.95. The molecular formula is C16H13Cl3N4O. The molecule has 0 aliphatic carbocycles. The minimum absolute atomic E-state index is 0. The molecule has 0 unspecified atom stereocenters. The fourth-order valence-corrected chi connectivity index (χ4v) is 2.55. The Morgan fingerprint density at radius 3 is 2.54 bits per heavy atom. The van der Waals surface area contributed by atoms with E-state index in [4.69, 9.17) is 28.6 Å². The van der Waals surface area contributed by atoms with Crippen LogP contribution < -0.4 is 10.9 Å². The second-order valence-electron chi connectivity index (χ2n) is 4.85. The molecule has 0 fully saturated rings. The first kappa shape index (κ1) is 18.1. The van der Waals surface area contributed by atoms with Gasteiger partial charge in [0.2, 0.25) is 0 Å². The highest BCUT2D eigenvalue weighted by Gasteiger charge is 2.11. The molecule has 4 N–H and O–H groups in total. The Morgan fingerprint density at radius 2 is 1.79 bits per heavy atom. The largest absolute Gasteiger partial charge is 0.350 e. The van der Waals surface area contributed by atoms with Gasteiger partial charge in [0.25, 0.3) is 5.91 Å². The number of aromatic nitrogens is 1. The van der Waals surface area contributed by atoms with Gasteiger partial charge in [0.05, 0.1) is 5.02 Å². The summed E-state index contributed by atoms with van der Waals surface area (Å²) in [6.45, 7) is 0. The number of halogens is 3. The van der Waals surface area contributed by atoms with Crippen molar-refractivity contribution in [2.45, 2.75) is 0 Å². The molecule has 0 bridgehead atoms. The molecule has 3 aromatic rings. The number of nitrogens with one attached hydrogen (secondary N) is 4. The Morgan fingerprint density at radius 1 is 1.04 bits per heavy atom. The van der Waals surface area contributed by atoms with E-state index in [1.54, 1.807) is 48.5 Å². The number of fused-ring (bicyclic) bond motifs is 1. The van der Waals surface area contributed by atoms with Gasteiger partial charge in [-0.2, -0.15) is 0 Å². The maximum Gasteiger partial charge on any atom is 0.286 e. The van der Waals surface area contributed by atoms with Crippen molar-refractivity contribution >= 4 is 58.3 Å². The van der Waals surface area contributed by atoms with E-state index in [2.05, 4.69) is 15.8 Å². The van der Waals surface area contributed by atoms with Crippen molar-refractivity contribution in [1.29, 1.82) is 5.41 Å². The molecular weight excluding hydrogens is 371 g/mol. The van der Waals surface area contributed by atoms with Crippen LogP contribution in [0.15, 0.2) is 48.5 Å². The lowest BCUT2D eigenvalue weighted by Gasteiger charge is -2.10. The fraction of sp³-hybridized carbons (Fsp3) is 0. The van der Waals surface area contributed by atoms with Crippen molar-refractivity contribution < 1.29 is 4.79 Å². The molecule has 1 aromatic heterocycles. The molecule has 24 heavy (non-hydrogen) atoms.